The highest BCUT2D eigenvalue weighted by molar-refractivity contribution is 6.35. The van der Waals surface area contributed by atoms with Gasteiger partial charge in [-0.15, -0.1) is 0 Å². The number of carboxylic acids is 1. The zero-order valence-electron chi connectivity index (χ0n) is 13.9. The van der Waals surface area contributed by atoms with E-state index in [1.807, 2.05) is 0 Å². The first-order valence-electron chi connectivity index (χ1n) is 8.11. The standard InChI is InChI=1S/C12H16ClN5.C4H4N2O2/c13-8-4-16-12-10(9(15)5-17-12)11(8)18-3-1-2-7(14)6-18;7-4(8)3-1-5-6-2-3/h4-5,7H,1-3,6,14-15H2,(H,16,17);1-2H,(H,5,6)(H,7,8)/t7-;/m1./s1. The number of pyridine rings is 1. The third-order valence-corrected chi connectivity index (χ3v) is 4.46. The summed E-state index contributed by atoms with van der Waals surface area (Å²) >= 11 is 6.30. The molecule has 0 radical (unpaired) electrons. The van der Waals surface area contributed by atoms with Crippen molar-refractivity contribution in [2.75, 3.05) is 23.7 Å². The minimum Gasteiger partial charge on any atom is -0.478 e. The summed E-state index contributed by atoms with van der Waals surface area (Å²) in [7, 11) is 0. The molecule has 3 aromatic rings. The van der Waals surface area contributed by atoms with Gasteiger partial charge >= 0.3 is 5.97 Å². The lowest BCUT2D eigenvalue weighted by atomic mass is 10.1. The van der Waals surface area contributed by atoms with Crippen LogP contribution in [-0.4, -0.2) is 50.4 Å². The Balaban J connectivity index is 0.000000206. The molecule has 1 fully saturated rings. The summed E-state index contributed by atoms with van der Waals surface area (Å²) in [6.45, 7) is 1.76. The Morgan fingerprint density at radius 2 is 2.19 bits per heavy atom. The highest BCUT2D eigenvalue weighted by atomic mass is 35.5. The van der Waals surface area contributed by atoms with Gasteiger partial charge in [0.25, 0.3) is 0 Å². The summed E-state index contributed by atoms with van der Waals surface area (Å²) in [4.78, 5) is 19.5. The first kappa shape index (κ1) is 18.0. The van der Waals surface area contributed by atoms with Crippen LogP contribution in [0.15, 0.2) is 24.8 Å². The molecule has 9 nitrogen and oxygen atoms in total. The number of nitrogen functional groups attached to an aromatic ring is 1. The number of carbonyl (C=O) groups is 1. The molecule has 1 saturated heterocycles. The van der Waals surface area contributed by atoms with E-state index in [2.05, 4.69) is 25.1 Å². The van der Waals surface area contributed by atoms with Crippen LogP contribution < -0.4 is 16.4 Å². The predicted molar refractivity (Wildman–Crippen MR) is 100 cm³/mol. The highest BCUT2D eigenvalue weighted by Crippen LogP contribution is 2.37. The Morgan fingerprint density at radius 1 is 1.38 bits per heavy atom. The largest absolute Gasteiger partial charge is 0.478 e. The molecule has 0 aliphatic carbocycles. The van der Waals surface area contributed by atoms with E-state index < -0.39 is 5.97 Å². The monoisotopic (exact) mass is 377 g/mol. The SMILES string of the molecule is Nc1c[nH]c2ncc(Cl)c(N3CCC[C@@H](N)C3)c12.O=C(O)c1cn[nH]c1. The maximum atomic E-state index is 10.0. The van der Waals surface area contributed by atoms with E-state index in [1.54, 1.807) is 12.4 Å². The topological polar surface area (TPSA) is 150 Å². The molecule has 1 atom stereocenters. The van der Waals surface area contributed by atoms with Crippen LogP contribution in [0.2, 0.25) is 5.02 Å². The molecule has 1 aliphatic rings. The number of nitrogens with zero attached hydrogens (tertiary/aromatic N) is 3. The number of hydrogen-bond donors (Lipinski definition) is 5. The fourth-order valence-corrected chi connectivity index (χ4v) is 3.23. The molecular weight excluding hydrogens is 358 g/mol. The number of fused-ring (bicyclic) bond motifs is 1. The maximum Gasteiger partial charge on any atom is 0.338 e. The number of carboxylic acid groups (broad SMARTS) is 1. The van der Waals surface area contributed by atoms with Crippen molar-refractivity contribution in [1.29, 1.82) is 0 Å². The van der Waals surface area contributed by atoms with E-state index in [4.69, 9.17) is 28.2 Å². The van der Waals surface area contributed by atoms with E-state index in [9.17, 15) is 4.79 Å². The molecule has 0 spiro atoms. The summed E-state index contributed by atoms with van der Waals surface area (Å²) in [6, 6.07) is 0.193. The molecular formula is C16H20ClN7O2. The van der Waals surface area contributed by atoms with Crippen LogP contribution in [0.1, 0.15) is 23.2 Å². The van der Waals surface area contributed by atoms with Crippen LogP contribution in [0.4, 0.5) is 11.4 Å². The molecule has 0 bridgehead atoms. The zero-order valence-corrected chi connectivity index (χ0v) is 14.7. The molecule has 138 valence electrons. The van der Waals surface area contributed by atoms with Gasteiger partial charge in [-0.2, -0.15) is 5.10 Å². The van der Waals surface area contributed by atoms with Crippen LogP contribution in [0, 0.1) is 0 Å². The third kappa shape index (κ3) is 3.73. The number of halogens is 1. The maximum absolute atomic E-state index is 10.0. The predicted octanol–water partition coefficient (Wildman–Crippen LogP) is 1.83. The van der Waals surface area contributed by atoms with E-state index in [0.717, 1.165) is 42.7 Å². The van der Waals surface area contributed by atoms with Crippen molar-refractivity contribution in [3.63, 3.8) is 0 Å². The number of anilines is 2. The zero-order chi connectivity index (χ0) is 18.7. The average molecular weight is 378 g/mol. The van der Waals surface area contributed by atoms with Crippen LogP contribution in [0.3, 0.4) is 0 Å². The van der Waals surface area contributed by atoms with Gasteiger partial charge in [-0.05, 0) is 12.8 Å². The number of nitrogens with one attached hydrogen (secondary N) is 2. The number of H-pyrrole nitrogens is 2. The first-order chi connectivity index (χ1) is 12.5. The van der Waals surface area contributed by atoms with Gasteiger partial charge in [-0.25, -0.2) is 9.78 Å². The van der Waals surface area contributed by atoms with Crippen LogP contribution >= 0.6 is 11.6 Å². The Bertz CT molecular complexity index is 894. The number of rotatable bonds is 2. The van der Waals surface area contributed by atoms with Gasteiger partial charge in [0.05, 0.1) is 39.7 Å². The lowest BCUT2D eigenvalue weighted by Crippen LogP contribution is -2.43. The second kappa shape index (κ2) is 7.63. The molecule has 0 saturated carbocycles. The van der Waals surface area contributed by atoms with E-state index in [-0.39, 0.29) is 11.6 Å². The van der Waals surface area contributed by atoms with E-state index in [1.165, 1.54) is 12.4 Å². The molecule has 4 heterocycles. The highest BCUT2D eigenvalue weighted by Gasteiger charge is 2.22. The minimum absolute atomic E-state index is 0.185. The van der Waals surface area contributed by atoms with Crippen molar-refractivity contribution >= 4 is 40.0 Å². The van der Waals surface area contributed by atoms with Gasteiger partial charge < -0.3 is 26.5 Å². The minimum atomic E-state index is -0.959. The fourth-order valence-electron chi connectivity index (χ4n) is 2.97. The van der Waals surface area contributed by atoms with Gasteiger partial charge in [0.2, 0.25) is 0 Å². The number of nitrogens with two attached hydrogens (primary N) is 2. The lowest BCUT2D eigenvalue weighted by molar-refractivity contribution is 0.0697. The number of aromatic nitrogens is 4. The summed E-state index contributed by atoms with van der Waals surface area (Å²) in [6.07, 6.45) is 8.12. The van der Waals surface area contributed by atoms with Crippen molar-refractivity contribution in [3.8, 4) is 0 Å². The van der Waals surface area contributed by atoms with Gasteiger partial charge in [-0.1, -0.05) is 11.6 Å². The normalized spacial score (nSPS) is 17.0. The second-order valence-electron chi connectivity index (χ2n) is 6.06. The molecule has 1 aliphatic heterocycles. The van der Waals surface area contributed by atoms with Gasteiger partial charge in [-0.3, -0.25) is 5.10 Å². The molecule has 0 aromatic carbocycles. The average Bonchev–Trinajstić information content (AvgIpc) is 3.26. The lowest BCUT2D eigenvalue weighted by Gasteiger charge is -2.33. The Hall–Kier alpha value is -2.78. The van der Waals surface area contributed by atoms with Crippen molar-refractivity contribution in [2.45, 2.75) is 18.9 Å². The second-order valence-corrected chi connectivity index (χ2v) is 6.47. The smallest absolute Gasteiger partial charge is 0.338 e. The van der Waals surface area contributed by atoms with Gasteiger partial charge in [0.15, 0.2) is 0 Å². The van der Waals surface area contributed by atoms with E-state index in [0.29, 0.717) is 10.7 Å². The molecule has 26 heavy (non-hydrogen) atoms. The molecule has 7 N–H and O–H groups in total. The fraction of sp³-hybridized carbons (Fsp3) is 0.312. The van der Waals surface area contributed by atoms with E-state index >= 15 is 0 Å². The number of aromatic amines is 2. The van der Waals surface area contributed by atoms with Crippen LogP contribution in [-0.2, 0) is 0 Å². The molecule has 0 amide bonds. The molecule has 0 unspecified atom stereocenters. The van der Waals surface area contributed by atoms with Crippen LogP contribution in [0.5, 0.6) is 0 Å². The molecule has 10 heteroatoms. The van der Waals surface area contributed by atoms with Crippen molar-refractivity contribution in [3.05, 3.63) is 35.4 Å². The summed E-state index contributed by atoms with van der Waals surface area (Å²) < 4.78 is 0. The van der Waals surface area contributed by atoms with Crippen molar-refractivity contribution in [2.24, 2.45) is 5.73 Å². The molecule has 4 rings (SSSR count). The summed E-state index contributed by atoms with van der Waals surface area (Å²) in [5.41, 5.74) is 14.6. The van der Waals surface area contributed by atoms with Gasteiger partial charge in [0, 0.05) is 31.5 Å². The quantitative estimate of drug-likeness (QED) is 0.457. The number of hydrogen-bond acceptors (Lipinski definition) is 6. The van der Waals surface area contributed by atoms with Crippen LogP contribution in [0.25, 0.3) is 11.0 Å². The van der Waals surface area contributed by atoms with Crippen molar-refractivity contribution < 1.29 is 9.90 Å². The number of aromatic carboxylic acids is 1. The Labute approximate surface area is 154 Å². The Morgan fingerprint density at radius 3 is 2.81 bits per heavy atom. The third-order valence-electron chi connectivity index (χ3n) is 4.18. The summed E-state index contributed by atoms with van der Waals surface area (Å²) in [5.74, 6) is -0.959. The Kier molecular flexibility index (Phi) is 5.29. The first-order valence-corrected chi connectivity index (χ1v) is 8.48. The van der Waals surface area contributed by atoms with Crippen molar-refractivity contribution in [1.82, 2.24) is 20.2 Å². The summed E-state index contributed by atoms with van der Waals surface area (Å²) in [5, 5.41) is 15.6. The number of piperidine rings is 1. The molecule has 3 aromatic heterocycles. The van der Waals surface area contributed by atoms with Gasteiger partial charge in [0.1, 0.15) is 5.65 Å².